The van der Waals surface area contributed by atoms with Gasteiger partial charge >= 0.3 is 0 Å². The molecule has 2 N–H and O–H groups in total. The van der Waals surface area contributed by atoms with Crippen LogP contribution in [0, 0.1) is 11.8 Å². The average molecular weight is 245 g/mol. The molecule has 0 unspecified atom stereocenters. The quantitative estimate of drug-likeness (QED) is 0.615. The van der Waals surface area contributed by atoms with E-state index in [-0.39, 0.29) is 12.5 Å². The first kappa shape index (κ1) is 14.3. The van der Waals surface area contributed by atoms with E-state index in [9.17, 15) is 4.79 Å². The van der Waals surface area contributed by atoms with E-state index in [1.165, 1.54) is 0 Å². The lowest BCUT2D eigenvalue weighted by Gasteiger charge is -2.06. The van der Waals surface area contributed by atoms with Gasteiger partial charge in [0.05, 0.1) is 12.2 Å². The molecule has 1 aromatic carbocycles. The van der Waals surface area contributed by atoms with E-state index in [2.05, 4.69) is 24.1 Å². The molecule has 0 saturated carbocycles. The van der Waals surface area contributed by atoms with E-state index in [1.54, 1.807) is 6.07 Å². The SMILES string of the molecule is CCCCNC(=O)c1ccccc1C#CCCO. The Balaban J connectivity index is 2.75. The molecule has 0 aliphatic rings. The number of aliphatic hydroxyl groups excluding tert-OH is 1. The minimum atomic E-state index is -0.0858. The monoisotopic (exact) mass is 245 g/mol. The Labute approximate surface area is 108 Å². The maximum atomic E-state index is 11.9. The first-order valence-corrected chi connectivity index (χ1v) is 6.26. The molecule has 1 aromatic rings. The highest BCUT2D eigenvalue weighted by Gasteiger charge is 2.08. The summed E-state index contributed by atoms with van der Waals surface area (Å²) in [6, 6.07) is 7.26. The maximum Gasteiger partial charge on any atom is 0.252 e. The van der Waals surface area contributed by atoms with Crippen molar-refractivity contribution in [1.29, 1.82) is 0 Å². The molecule has 0 spiro atoms. The average Bonchev–Trinajstić information content (AvgIpc) is 2.40. The summed E-state index contributed by atoms with van der Waals surface area (Å²) in [5, 5.41) is 11.6. The molecular weight excluding hydrogens is 226 g/mol. The topological polar surface area (TPSA) is 49.3 Å². The van der Waals surface area contributed by atoms with Crippen molar-refractivity contribution >= 4 is 5.91 Å². The van der Waals surface area contributed by atoms with Gasteiger partial charge in [-0.15, -0.1) is 0 Å². The fourth-order valence-corrected chi connectivity index (χ4v) is 1.48. The minimum Gasteiger partial charge on any atom is -0.395 e. The van der Waals surface area contributed by atoms with Crippen LogP contribution in [0.5, 0.6) is 0 Å². The number of carbonyl (C=O) groups excluding carboxylic acids is 1. The van der Waals surface area contributed by atoms with E-state index in [1.807, 2.05) is 18.2 Å². The highest BCUT2D eigenvalue weighted by atomic mass is 16.2. The van der Waals surface area contributed by atoms with Gasteiger partial charge in [-0.05, 0) is 18.6 Å². The molecule has 0 saturated heterocycles. The Bertz CT molecular complexity index is 443. The van der Waals surface area contributed by atoms with Crippen LogP contribution >= 0.6 is 0 Å². The van der Waals surface area contributed by atoms with Crippen LogP contribution in [-0.2, 0) is 0 Å². The number of amides is 1. The van der Waals surface area contributed by atoms with E-state index in [4.69, 9.17) is 5.11 Å². The van der Waals surface area contributed by atoms with Crippen LogP contribution in [0.15, 0.2) is 24.3 Å². The summed E-state index contributed by atoms with van der Waals surface area (Å²) >= 11 is 0. The number of nitrogens with one attached hydrogen (secondary N) is 1. The molecule has 3 heteroatoms. The number of aliphatic hydroxyl groups is 1. The van der Waals surface area contributed by atoms with Crippen LogP contribution in [0.3, 0.4) is 0 Å². The van der Waals surface area contributed by atoms with Gasteiger partial charge in [-0.3, -0.25) is 4.79 Å². The van der Waals surface area contributed by atoms with Crippen molar-refractivity contribution in [3.8, 4) is 11.8 Å². The van der Waals surface area contributed by atoms with Gasteiger partial charge in [0.25, 0.3) is 5.91 Å². The molecule has 1 amide bonds. The number of carbonyl (C=O) groups is 1. The smallest absolute Gasteiger partial charge is 0.252 e. The van der Waals surface area contributed by atoms with Crippen LogP contribution in [0.25, 0.3) is 0 Å². The molecular formula is C15H19NO2. The fourth-order valence-electron chi connectivity index (χ4n) is 1.48. The number of rotatable bonds is 5. The molecule has 0 bridgehead atoms. The van der Waals surface area contributed by atoms with Crippen molar-refractivity contribution in [1.82, 2.24) is 5.32 Å². The number of unbranched alkanes of at least 4 members (excludes halogenated alkanes) is 1. The van der Waals surface area contributed by atoms with Crippen LogP contribution in [0.4, 0.5) is 0 Å². The van der Waals surface area contributed by atoms with Crippen molar-refractivity contribution in [2.45, 2.75) is 26.2 Å². The molecule has 0 aliphatic carbocycles. The molecule has 0 heterocycles. The van der Waals surface area contributed by atoms with Crippen molar-refractivity contribution in [2.75, 3.05) is 13.2 Å². The minimum absolute atomic E-state index is 0.0395. The Morgan fingerprint density at radius 2 is 2.17 bits per heavy atom. The largest absolute Gasteiger partial charge is 0.395 e. The van der Waals surface area contributed by atoms with Gasteiger partial charge in [0, 0.05) is 18.5 Å². The van der Waals surface area contributed by atoms with E-state index in [0.717, 1.165) is 12.8 Å². The Morgan fingerprint density at radius 3 is 2.89 bits per heavy atom. The van der Waals surface area contributed by atoms with Crippen molar-refractivity contribution in [3.05, 3.63) is 35.4 Å². The highest BCUT2D eigenvalue weighted by molar-refractivity contribution is 5.96. The fraction of sp³-hybridized carbons (Fsp3) is 0.400. The number of hydrogen-bond acceptors (Lipinski definition) is 2. The molecule has 3 nitrogen and oxygen atoms in total. The summed E-state index contributed by atoms with van der Waals surface area (Å²) in [5.41, 5.74) is 1.30. The molecule has 0 fully saturated rings. The van der Waals surface area contributed by atoms with Gasteiger partial charge in [0.1, 0.15) is 0 Å². The van der Waals surface area contributed by atoms with Crippen LogP contribution in [0.2, 0.25) is 0 Å². The normalized spacial score (nSPS) is 9.44. The lowest BCUT2D eigenvalue weighted by Crippen LogP contribution is -2.25. The summed E-state index contributed by atoms with van der Waals surface area (Å²) in [6.45, 7) is 2.81. The van der Waals surface area contributed by atoms with E-state index < -0.39 is 0 Å². The lowest BCUT2D eigenvalue weighted by molar-refractivity contribution is 0.0953. The lowest BCUT2D eigenvalue weighted by atomic mass is 10.1. The van der Waals surface area contributed by atoms with Gasteiger partial charge in [-0.2, -0.15) is 0 Å². The zero-order valence-corrected chi connectivity index (χ0v) is 10.7. The van der Waals surface area contributed by atoms with Crippen molar-refractivity contribution in [2.24, 2.45) is 0 Å². The van der Waals surface area contributed by atoms with Crippen molar-refractivity contribution in [3.63, 3.8) is 0 Å². The highest BCUT2D eigenvalue weighted by Crippen LogP contribution is 2.07. The predicted octanol–water partition coefficient (Wildman–Crippen LogP) is 1.95. The van der Waals surface area contributed by atoms with Crippen LogP contribution < -0.4 is 5.32 Å². The Morgan fingerprint density at radius 1 is 1.39 bits per heavy atom. The first-order valence-electron chi connectivity index (χ1n) is 6.26. The third kappa shape index (κ3) is 4.60. The standard InChI is InChI=1S/C15H19NO2/c1-2-3-11-16-15(18)14-10-5-4-8-13(14)9-6-7-12-17/h4-5,8,10,17H,2-3,7,11-12H2,1H3,(H,16,18). The second-order valence-electron chi connectivity index (χ2n) is 3.93. The van der Waals surface area contributed by atoms with Gasteiger partial charge in [-0.25, -0.2) is 0 Å². The molecule has 96 valence electrons. The maximum absolute atomic E-state index is 11.9. The summed E-state index contributed by atoms with van der Waals surface area (Å²) in [7, 11) is 0. The summed E-state index contributed by atoms with van der Waals surface area (Å²) < 4.78 is 0. The molecule has 0 aliphatic heterocycles. The summed E-state index contributed by atoms with van der Waals surface area (Å²) in [4.78, 5) is 11.9. The summed E-state index contributed by atoms with van der Waals surface area (Å²) in [5.74, 6) is 5.66. The zero-order valence-electron chi connectivity index (χ0n) is 10.7. The first-order chi connectivity index (χ1) is 8.79. The molecule has 0 atom stereocenters. The second kappa shape index (κ2) is 8.32. The van der Waals surface area contributed by atoms with Gasteiger partial charge in [-0.1, -0.05) is 37.3 Å². The van der Waals surface area contributed by atoms with Crippen molar-refractivity contribution < 1.29 is 9.90 Å². The summed E-state index contributed by atoms with van der Waals surface area (Å²) in [6.07, 6.45) is 2.45. The van der Waals surface area contributed by atoms with Crippen LogP contribution in [-0.4, -0.2) is 24.2 Å². The third-order valence-corrected chi connectivity index (χ3v) is 2.45. The zero-order chi connectivity index (χ0) is 13.2. The Kier molecular flexibility index (Phi) is 6.60. The predicted molar refractivity (Wildman–Crippen MR) is 72.3 cm³/mol. The van der Waals surface area contributed by atoms with Gasteiger partial charge in [0.15, 0.2) is 0 Å². The number of hydrogen-bond donors (Lipinski definition) is 2. The van der Waals surface area contributed by atoms with Gasteiger partial charge in [0.2, 0.25) is 0 Å². The molecule has 0 radical (unpaired) electrons. The number of benzene rings is 1. The molecule has 0 aromatic heterocycles. The van der Waals surface area contributed by atoms with E-state index >= 15 is 0 Å². The van der Waals surface area contributed by atoms with Gasteiger partial charge < -0.3 is 10.4 Å². The van der Waals surface area contributed by atoms with E-state index in [0.29, 0.717) is 24.1 Å². The Hall–Kier alpha value is -1.79. The third-order valence-electron chi connectivity index (χ3n) is 2.45. The second-order valence-corrected chi connectivity index (χ2v) is 3.93. The van der Waals surface area contributed by atoms with Crippen LogP contribution in [0.1, 0.15) is 42.1 Å². The molecule has 1 rings (SSSR count). The molecule has 18 heavy (non-hydrogen) atoms.